The summed E-state index contributed by atoms with van der Waals surface area (Å²) in [6.45, 7) is 0.469. The highest BCUT2D eigenvalue weighted by Crippen LogP contribution is 2.24. The standard InChI is InChI=1S/C16H16Cl2N2OS/c17-14-5-4-12(9-15(14)18)11-22-8-6-16(21)20-10-13-3-1-2-7-19-13/h1-5,7,9H,6,8,10-11H2,(H,20,21). The molecule has 22 heavy (non-hydrogen) atoms. The van der Waals surface area contributed by atoms with Crippen LogP contribution in [-0.4, -0.2) is 16.6 Å². The molecule has 0 aliphatic rings. The van der Waals surface area contributed by atoms with Crippen LogP contribution in [0, 0.1) is 0 Å². The van der Waals surface area contributed by atoms with E-state index in [2.05, 4.69) is 10.3 Å². The first-order valence-electron chi connectivity index (χ1n) is 6.83. The van der Waals surface area contributed by atoms with Gasteiger partial charge in [-0.05, 0) is 29.8 Å². The topological polar surface area (TPSA) is 42.0 Å². The number of rotatable bonds is 7. The third-order valence-corrected chi connectivity index (χ3v) is 4.69. The minimum Gasteiger partial charge on any atom is -0.350 e. The zero-order valence-corrected chi connectivity index (χ0v) is 14.2. The van der Waals surface area contributed by atoms with Crippen molar-refractivity contribution in [1.82, 2.24) is 10.3 Å². The van der Waals surface area contributed by atoms with E-state index < -0.39 is 0 Å². The SMILES string of the molecule is O=C(CCSCc1ccc(Cl)c(Cl)c1)NCc1ccccn1. The van der Waals surface area contributed by atoms with Crippen molar-refractivity contribution in [3.8, 4) is 0 Å². The number of hydrogen-bond acceptors (Lipinski definition) is 3. The predicted octanol–water partition coefficient (Wildman–Crippen LogP) is 4.33. The largest absolute Gasteiger partial charge is 0.350 e. The Bertz CT molecular complexity index is 623. The van der Waals surface area contributed by atoms with Crippen molar-refractivity contribution in [2.24, 2.45) is 0 Å². The van der Waals surface area contributed by atoms with Crippen LogP contribution in [0.3, 0.4) is 0 Å². The van der Waals surface area contributed by atoms with E-state index >= 15 is 0 Å². The summed E-state index contributed by atoms with van der Waals surface area (Å²) in [7, 11) is 0. The Kier molecular flexibility index (Phi) is 7.03. The summed E-state index contributed by atoms with van der Waals surface area (Å²) in [4.78, 5) is 15.9. The Morgan fingerprint density at radius 3 is 2.77 bits per heavy atom. The van der Waals surface area contributed by atoms with Crippen molar-refractivity contribution in [2.45, 2.75) is 18.7 Å². The highest BCUT2D eigenvalue weighted by molar-refractivity contribution is 7.98. The van der Waals surface area contributed by atoms with Gasteiger partial charge in [-0.2, -0.15) is 11.8 Å². The first kappa shape index (κ1) is 17.1. The molecule has 0 saturated heterocycles. The monoisotopic (exact) mass is 354 g/mol. The molecule has 0 aliphatic carbocycles. The third-order valence-electron chi connectivity index (χ3n) is 2.92. The van der Waals surface area contributed by atoms with E-state index in [9.17, 15) is 4.79 Å². The summed E-state index contributed by atoms with van der Waals surface area (Å²) >= 11 is 13.5. The number of nitrogens with zero attached hydrogens (tertiary/aromatic N) is 1. The number of thioether (sulfide) groups is 1. The molecule has 116 valence electrons. The van der Waals surface area contributed by atoms with Gasteiger partial charge in [0.15, 0.2) is 0 Å². The maximum atomic E-state index is 11.7. The first-order chi connectivity index (χ1) is 10.6. The molecule has 0 aliphatic heterocycles. The lowest BCUT2D eigenvalue weighted by molar-refractivity contribution is -0.120. The van der Waals surface area contributed by atoms with Gasteiger partial charge < -0.3 is 5.32 Å². The van der Waals surface area contributed by atoms with Crippen LogP contribution < -0.4 is 5.32 Å². The number of amides is 1. The Morgan fingerprint density at radius 2 is 2.05 bits per heavy atom. The minimum absolute atomic E-state index is 0.0345. The Morgan fingerprint density at radius 1 is 1.18 bits per heavy atom. The molecule has 0 spiro atoms. The van der Waals surface area contributed by atoms with Crippen molar-refractivity contribution in [1.29, 1.82) is 0 Å². The van der Waals surface area contributed by atoms with Crippen LogP contribution in [0.1, 0.15) is 17.7 Å². The molecular weight excluding hydrogens is 339 g/mol. The van der Waals surface area contributed by atoms with Crippen molar-refractivity contribution < 1.29 is 4.79 Å². The molecule has 1 N–H and O–H groups in total. The Labute approximate surface area is 144 Å². The highest BCUT2D eigenvalue weighted by Gasteiger charge is 2.03. The average molecular weight is 355 g/mol. The maximum absolute atomic E-state index is 11.7. The molecule has 0 radical (unpaired) electrons. The lowest BCUT2D eigenvalue weighted by Gasteiger charge is -2.05. The first-order valence-corrected chi connectivity index (χ1v) is 8.74. The van der Waals surface area contributed by atoms with Crippen LogP contribution in [0.2, 0.25) is 10.0 Å². The van der Waals surface area contributed by atoms with Gasteiger partial charge in [-0.1, -0.05) is 35.3 Å². The zero-order valence-electron chi connectivity index (χ0n) is 11.9. The summed E-state index contributed by atoms with van der Waals surface area (Å²) in [6, 6.07) is 11.2. The zero-order chi connectivity index (χ0) is 15.8. The second kappa shape index (κ2) is 9.03. The van der Waals surface area contributed by atoms with Gasteiger partial charge in [-0.25, -0.2) is 0 Å². The van der Waals surface area contributed by atoms with E-state index in [1.807, 2.05) is 30.3 Å². The van der Waals surface area contributed by atoms with Crippen molar-refractivity contribution in [3.05, 3.63) is 63.9 Å². The van der Waals surface area contributed by atoms with Gasteiger partial charge in [0.05, 0.1) is 22.3 Å². The van der Waals surface area contributed by atoms with Crippen molar-refractivity contribution in [2.75, 3.05) is 5.75 Å². The Hall–Kier alpha value is -1.23. The van der Waals surface area contributed by atoms with E-state index in [0.717, 1.165) is 22.8 Å². The molecule has 0 unspecified atom stereocenters. The van der Waals surface area contributed by atoms with Gasteiger partial charge in [-0.3, -0.25) is 9.78 Å². The number of halogens is 2. The van der Waals surface area contributed by atoms with Crippen molar-refractivity contribution in [3.63, 3.8) is 0 Å². The molecule has 1 heterocycles. The number of carbonyl (C=O) groups is 1. The fourth-order valence-corrected chi connectivity index (χ4v) is 2.97. The molecule has 0 saturated carbocycles. The highest BCUT2D eigenvalue weighted by atomic mass is 35.5. The molecule has 3 nitrogen and oxygen atoms in total. The number of benzene rings is 1. The number of carbonyl (C=O) groups excluding carboxylic acids is 1. The van der Waals surface area contributed by atoms with E-state index in [1.54, 1.807) is 24.0 Å². The second-order valence-corrected chi connectivity index (χ2v) is 6.57. The summed E-state index contributed by atoms with van der Waals surface area (Å²) in [5.74, 6) is 1.60. The van der Waals surface area contributed by atoms with Gasteiger partial charge in [0, 0.05) is 24.1 Å². The average Bonchev–Trinajstić information content (AvgIpc) is 2.54. The van der Waals surface area contributed by atoms with Gasteiger partial charge in [0.1, 0.15) is 0 Å². The number of nitrogens with one attached hydrogen (secondary N) is 1. The lowest BCUT2D eigenvalue weighted by Crippen LogP contribution is -2.23. The van der Waals surface area contributed by atoms with Crippen LogP contribution >= 0.6 is 35.0 Å². The quantitative estimate of drug-likeness (QED) is 0.752. The molecule has 1 amide bonds. The van der Waals surface area contributed by atoms with Crippen LogP contribution in [-0.2, 0) is 17.1 Å². The normalized spacial score (nSPS) is 10.5. The van der Waals surface area contributed by atoms with E-state index in [1.165, 1.54) is 0 Å². The van der Waals surface area contributed by atoms with Gasteiger partial charge >= 0.3 is 0 Å². The van der Waals surface area contributed by atoms with E-state index in [-0.39, 0.29) is 5.91 Å². The molecule has 6 heteroatoms. The molecular formula is C16H16Cl2N2OS. The second-order valence-electron chi connectivity index (χ2n) is 4.65. The molecule has 1 aromatic carbocycles. The fourth-order valence-electron chi connectivity index (χ4n) is 1.76. The number of pyridine rings is 1. The molecule has 0 fully saturated rings. The predicted molar refractivity (Wildman–Crippen MR) is 93.3 cm³/mol. The number of hydrogen-bond donors (Lipinski definition) is 1. The number of aromatic nitrogens is 1. The molecule has 0 atom stereocenters. The fraction of sp³-hybridized carbons (Fsp3) is 0.250. The van der Waals surface area contributed by atoms with E-state index in [4.69, 9.17) is 23.2 Å². The maximum Gasteiger partial charge on any atom is 0.221 e. The van der Waals surface area contributed by atoms with Gasteiger partial charge in [0.25, 0.3) is 0 Å². The third kappa shape index (κ3) is 5.87. The Balaban J connectivity index is 1.63. The summed E-state index contributed by atoms with van der Waals surface area (Å²) in [5.41, 5.74) is 1.97. The summed E-state index contributed by atoms with van der Waals surface area (Å²) in [6.07, 6.45) is 2.20. The van der Waals surface area contributed by atoms with Crippen molar-refractivity contribution >= 4 is 40.9 Å². The van der Waals surface area contributed by atoms with Gasteiger partial charge in [-0.15, -0.1) is 0 Å². The van der Waals surface area contributed by atoms with Crippen LogP contribution in [0.5, 0.6) is 0 Å². The molecule has 2 aromatic rings. The minimum atomic E-state index is 0.0345. The molecule has 1 aromatic heterocycles. The molecule has 0 bridgehead atoms. The van der Waals surface area contributed by atoms with Crippen LogP contribution in [0.25, 0.3) is 0 Å². The summed E-state index contributed by atoms with van der Waals surface area (Å²) in [5, 5.41) is 3.98. The van der Waals surface area contributed by atoms with E-state index in [0.29, 0.717) is 23.0 Å². The smallest absolute Gasteiger partial charge is 0.221 e. The van der Waals surface area contributed by atoms with Crippen LogP contribution in [0.15, 0.2) is 42.6 Å². The van der Waals surface area contributed by atoms with Gasteiger partial charge in [0.2, 0.25) is 5.91 Å². The molecule has 2 rings (SSSR count). The lowest BCUT2D eigenvalue weighted by atomic mass is 10.2. The summed E-state index contributed by atoms with van der Waals surface area (Å²) < 4.78 is 0. The van der Waals surface area contributed by atoms with Crippen LogP contribution in [0.4, 0.5) is 0 Å².